The third-order valence-electron chi connectivity index (χ3n) is 3.13. The lowest BCUT2D eigenvalue weighted by Crippen LogP contribution is -2.29. The molecule has 1 amide bonds. The number of hydrogen-bond donors (Lipinski definition) is 1. The van der Waals surface area contributed by atoms with Crippen molar-refractivity contribution in [3.8, 4) is 0 Å². The van der Waals surface area contributed by atoms with Gasteiger partial charge in [0.15, 0.2) is 0 Å². The number of rotatable bonds is 12. The van der Waals surface area contributed by atoms with E-state index in [2.05, 4.69) is 19.2 Å². The predicted octanol–water partition coefficient (Wildman–Crippen LogP) is 4.65. The maximum atomic E-state index is 11.5. The van der Waals surface area contributed by atoms with Crippen LogP contribution in [0.2, 0.25) is 0 Å². The molecule has 0 spiro atoms. The van der Waals surface area contributed by atoms with Crippen LogP contribution in [-0.2, 0) is 4.79 Å². The van der Waals surface area contributed by atoms with Gasteiger partial charge in [-0.3, -0.25) is 4.79 Å². The Hall–Kier alpha value is -0.240. The summed E-state index contributed by atoms with van der Waals surface area (Å²) in [6, 6.07) is 0. The van der Waals surface area contributed by atoms with Crippen molar-refractivity contribution in [1.82, 2.24) is 5.32 Å². The SMILES string of the molecule is CCCCCCCCCC(=O)NCC(Cl)CCC. The van der Waals surface area contributed by atoms with Gasteiger partial charge in [-0.2, -0.15) is 0 Å². The van der Waals surface area contributed by atoms with Gasteiger partial charge in [0.05, 0.1) is 5.38 Å². The predicted molar refractivity (Wildman–Crippen MR) is 80.2 cm³/mol. The Morgan fingerprint density at radius 1 is 1.00 bits per heavy atom. The van der Waals surface area contributed by atoms with Crippen molar-refractivity contribution in [3.63, 3.8) is 0 Å². The standard InChI is InChI=1S/C15H30ClNO/c1-3-5-6-7-8-9-10-12-15(18)17-13-14(16)11-4-2/h14H,3-13H2,1-2H3,(H,17,18). The van der Waals surface area contributed by atoms with Crippen LogP contribution < -0.4 is 5.32 Å². The van der Waals surface area contributed by atoms with E-state index in [4.69, 9.17) is 11.6 Å². The maximum Gasteiger partial charge on any atom is 0.220 e. The second-order valence-electron chi connectivity index (χ2n) is 5.06. The van der Waals surface area contributed by atoms with Gasteiger partial charge < -0.3 is 5.32 Å². The van der Waals surface area contributed by atoms with Gasteiger partial charge in [-0.15, -0.1) is 11.6 Å². The van der Waals surface area contributed by atoms with E-state index in [-0.39, 0.29) is 11.3 Å². The summed E-state index contributed by atoms with van der Waals surface area (Å²) >= 11 is 6.04. The number of nitrogens with one attached hydrogen (secondary N) is 1. The van der Waals surface area contributed by atoms with Crippen molar-refractivity contribution in [3.05, 3.63) is 0 Å². The summed E-state index contributed by atoms with van der Waals surface area (Å²) in [5.74, 6) is 0.158. The van der Waals surface area contributed by atoms with Crippen molar-refractivity contribution in [2.24, 2.45) is 0 Å². The number of unbranched alkanes of at least 4 members (excludes halogenated alkanes) is 6. The first-order chi connectivity index (χ1) is 8.70. The van der Waals surface area contributed by atoms with Crippen molar-refractivity contribution in [2.45, 2.75) is 83.4 Å². The number of carbonyl (C=O) groups excluding carboxylic acids is 1. The lowest BCUT2D eigenvalue weighted by atomic mass is 10.1. The van der Waals surface area contributed by atoms with E-state index in [1.165, 1.54) is 38.5 Å². The molecule has 0 saturated carbocycles. The summed E-state index contributed by atoms with van der Waals surface area (Å²) in [7, 11) is 0. The molecule has 0 aliphatic heterocycles. The van der Waals surface area contributed by atoms with Crippen molar-refractivity contribution in [2.75, 3.05) is 6.54 Å². The Morgan fingerprint density at radius 2 is 1.61 bits per heavy atom. The lowest BCUT2D eigenvalue weighted by molar-refractivity contribution is -0.121. The molecule has 0 aliphatic rings. The molecule has 0 aromatic heterocycles. The molecule has 0 heterocycles. The molecular weight excluding hydrogens is 246 g/mol. The average Bonchev–Trinajstić information content (AvgIpc) is 2.35. The molecule has 0 fully saturated rings. The molecule has 2 nitrogen and oxygen atoms in total. The molecular formula is C15H30ClNO. The monoisotopic (exact) mass is 275 g/mol. The second kappa shape index (κ2) is 13.2. The van der Waals surface area contributed by atoms with Crippen LogP contribution in [0.3, 0.4) is 0 Å². The van der Waals surface area contributed by atoms with Crippen LogP contribution in [0.15, 0.2) is 0 Å². The molecule has 0 aliphatic carbocycles. The Morgan fingerprint density at radius 3 is 2.22 bits per heavy atom. The average molecular weight is 276 g/mol. The summed E-state index contributed by atoms with van der Waals surface area (Å²) < 4.78 is 0. The maximum absolute atomic E-state index is 11.5. The highest BCUT2D eigenvalue weighted by Crippen LogP contribution is 2.08. The van der Waals surface area contributed by atoms with E-state index in [1.54, 1.807) is 0 Å². The van der Waals surface area contributed by atoms with E-state index in [0.29, 0.717) is 13.0 Å². The Bertz CT molecular complexity index is 197. The van der Waals surface area contributed by atoms with Crippen molar-refractivity contribution in [1.29, 1.82) is 0 Å². The van der Waals surface area contributed by atoms with E-state index < -0.39 is 0 Å². The van der Waals surface area contributed by atoms with Gasteiger partial charge in [0.1, 0.15) is 0 Å². The first-order valence-corrected chi connectivity index (χ1v) is 8.05. The van der Waals surface area contributed by atoms with Crippen LogP contribution in [0.5, 0.6) is 0 Å². The summed E-state index contributed by atoms with van der Waals surface area (Å²) in [4.78, 5) is 11.5. The van der Waals surface area contributed by atoms with Gasteiger partial charge in [-0.05, 0) is 12.8 Å². The first kappa shape index (κ1) is 17.8. The zero-order valence-corrected chi connectivity index (χ0v) is 12.9. The molecule has 1 unspecified atom stereocenters. The minimum absolute atomic E-state index is 0.0907. The van der Waals surface area contributed by atoms with Crippen LogP contribution in [-0.4, -0.2) is 17.8 Å². The number of carbonyl (C=O) groups is 1. The minimum atomic E-state index is 0.0907. The number of halogens is 1. The molecule has 1 N–H and O–H groups in total. The molecule has 0 aromatic carbocycles. The van der Waals surface area contributed by atoms with Crippen LogP contribution >= 0.6 is 11.6 Å². The minimum Gasteiger partial charge on any atom is -0.355 e. The molecule has 0 radical (unpaired) electrons. The number of hydrogen-bond acceptors (Lipinski definition) is 1. The quantitative estimate of drug-likeness (QED) is 0.408. The van der Waals surface area contributed by atoms with Crippen LogP contribution in [0, 0.1) is 0 Å². The van der Waals surface area contributed by atoms with Crippen LogP contribution in [0.25, 0.3) is 0 Å². The molecule has 0 aromatic rings. The molecule has 0 rings (SSSR count). The molecule has 3 heteroatoms. The second-order valence-corrected chi connectivity index (χ2v) is 5.68. The zero-order valence-electron chi connectivity index (χ0n) is 12.1. The lowest BCUT2D eigenvalue weighted by Gasteiger charge is -2.09. The highest BCUT2D eigenvalue weighted by Gasteiger charge is 2.05. The van der Waals surface area contributed by atoms with Crippen molar-refractivity contribution < 1.29 is 4.79 Å². The summed E-state index contributed by atoms with van der Waals surface area (Å²) in [5, 5.41) is 3.00. The fourth-order valence-electron chi connectivity index (χ4n) is 1.97. The van der Waals surface area contributed by atoms with E-state index in [1.807, 2.05) is 0 Å². The highest BCUT2D eigenvalue weighted by molar-refractivity contribution is 6.20. The normalized spacial score (nSPS) is 12.4. The van der Waals surface area contributed by atoms with E-state index in [0.717, 1.165) is 19.3 Å². The first-order valence-electron chi connectivity index (χ1n) is 7.61. The molecule has 1 atom stereocenters. The Labute approximate surface area is 118 Å². The Balaban J connectivity index is 3.26. The fourth-order valence-corrected chi connectivity index (χ4v) is 2.27. The zero-order chi connectivity index (χ0) is 13.6. The molecule has 18 heavy (non-hydrogen) atoms. The third-order valence-corrected chi connectivity index (χ3v) is 3.50. The third kappa shape index (κ3) is 12.2. The van der Waals surface area contributed by atoms with Crippen LogP contribution in [0.4, 0.5) is 0 Å². The largest absolute Gasteiger partial charge is 0.355 e. The van der Waals surface area contributed by atoms with Gasteiger partial charge >= 0.3 is 0 Å². The number of amides is 1. The number of alkyl halides is 1. The molecule has 0 bridgehead atoms. The highest BCUT2D eigenvalue weighted by atomic mass is 35.5. The summed E-state index contributed by atoms with van der Waals surface area (Å²) in [5.41, 5.74) is 0. The van der Waals surface area contributed by atoms with Gasteiger partial charge in [-0.1, -0.05) is 58.8 Å². The van der Waals surface area contributed by atoms with Gasteiger partial charge in [-0.25, -0.2) is 0 Å². The summed E-state index contributed by atoms with van der Waals surface area (Å²) in [6.45, 7) is 4.95. The summed E-state index contributed by atoms with van der Waals surface area (Å²) in [6.07, 6.45) is 11.4. The van der Waals surface area contributed by atoms with Gasteiger partial charge in [0.25, 0.3) is 0 Å². The van der Waals surface area contributed by atoms with Crippen molar-refractivity contribution >= 4 is 17.5 Å². The van der Waals surface area contributed by atoms with Crippen LogP contribution in [0.1, 0.15) is 78.1 Å². The topological polar surface area (TPSA) is 29.1 Å². The molecule has 0 saturated heterocycles. The molecule has 108 valence electrons. The van der Waals surface area contributed by atoms with Gasteiger partial charge in [0.2, 0.25) is 5.91 Å². The smallest absolute Gasteiger partial charge is 0.220 e. The Kier molecular flexibility index (Phi) is 13.0. The van der Waals surface area contributed by atoms with E-state index in [9.17, 15) is 4.79 Å². The fraction of sp³-hybridized carbons (Fsp3) is 0.933. The van der Waals surface area contributed by atoms with Gasteiger partial charge in [0, 0.05) is 13.0 Å². The van der Waals surface area contributed by atoms with E-state index >= 15 is 0 Å².